The van der Waals surface area contributed by atoms with Crippen LogP contribution in [-0.2, 0) is 9.53 Å². The minimum absolute atomic E-state index is 0.140. The number of carbonyl (C=O) groups excluding carboxylic acids is 2. The van der Waals surface area contributed by atoms with E-state index in [9.17, 15) is 14.0 Å². The number of hydrogen-bond acceptors (Lipinski definition) is 5. The Balaban J connectivity index is 1.59. The first kappa shape index (κ1) is 23.5. The van der Waals surface area contributed by atoms with Gasteiger partial charge in [0.2, 0.25) is 0 Å². The summed E-state index contributed by atoms with van der Waals surface area (Å²) in [4.78, 5) is 31.4. The molecule has 0 unspecified atom stereocenters. The number of esters is 1. The average Bonchev–Trinajstić information content (AvgIpc) is 3.24. The highest BCUT2D eigenvalue weighted by Crippen LogP contribution is 2.34. The fourth-order valence-corrected chi connectivity index (χ4v) is 4.69. The highest BCUT2D eigenvalue weighted by Gasteiger charge is 2.30. The molecule has 1 amide bonds. The van der Waals surface area contributed by atoms with E-state index in [0.717, 1.165) is 22.6 Å². The zero-order valence-electron chi connectivity index (χ0n) is 19.3. The normalized spacial score (nSPS) is 16.0. The first-order valence-corrected chi connectivity index (χ1v) is 11.6. The molecule has 3 aromatic rings. The highest BCUT2D eigenvalue weighted by molar-refractivity contribution is 8.18. The molecule has 0 atom stereocenters. The number of amides is 1. The summed E-state index contributed by atoms with van der Waals surface area (Å²) in [5.41, 5.74) is 4.78. The number of hydrogen-bond donors (Lipinski definition) is 0. The van der Waals surface area contributed by atoms with Crippen LogP contribution in [0.2, 0.25) is 0 Å². The number of aliphatic imine (C=N–C) groups is 1. The predicted octanol–water partition coefficient (Wildman–Crippen LogP) is 5.64. The van der Waals surface area contributed by atoms with E-state index in [-0.39, 0.29) is 17.7 Å². The molecule has 6 nitrogen and oxygen atoms in total. The van der Waals surface area contributed by atoms with Crippen LogP contribution in [0.25, 0.3) is 11.8 Å². The number of ether oxygens (including phenoxy) is 1. The number of rotatable bonds is 5. The Kier molecular flexibility index (Phi) is 6.70. The first-order valence-electron chi connectivity index (χ1n) is 10.8. The number of thioether (sulfide) groups is 1. The Bertz CT molecular complexity index is 1310. The number of aryl methyl sites for hydroxylation is 1. The van der Waals surface area contributed by atoms with Gasteiger partial charge in [0, 0.05) is 24.1 Å². The van der Waals surface area contributed by atoms with Crippen molar-refractivity contribution in [3.05, 3.63) is 87.8 Å². The number of benzene rings is 2. The molecule has 1 fully saturated rings. The SMILES string of the molecule is CCOC(=O)c1ccc(N=C2S/C(=C/c3cc(C)n(-c4ccc(F)cc4)c3C)C(=O)N2C)cc1. The van der Waals surface area contributed by atoms with Crippen molar-refractivity contribution >= 4 is 40.6 Å². The third-order valence-electron chi connectivity index (χ3n) is 5.45. The summed E-state index contributed by atoms with van der Waals surface area (Å²) in [5.74, 6) is -0.807. The second-order valence-corrected chi connectivity index (χ2v) is 8.78. The summed E-state index contributed by atoms with van der Waals surface area (Å²) < 4.78 is 20.4. The number of carbonyl (C=O) groups is 2. The van der Waals surface area contributed by atoms with Gasteiger partial charge in [0.15, 0.2) is 5.17 Å². The number of aromatic nitrogens is 1. The zero-order chi connectivity index (χ0) is 24.4. The molecule has 2 heterocycles. The van der Waals surface area contributed by atoms with Gasteiger partial charge in [-0.25, -0.2) is 14.2 Å². The molecule has 1 aliphatic rings. The molecule has 1 saturated heterocycles. The maximum atomic E-state index is 13.3. The monoisotopic (exact) mass is 477 g/mol. The smallest absolute Gasteiger partial charge is 0.338 e. The molecule has 1 aromatic heterocycles. The van der Waals surface area contributed by atoms with Crippen molar-refractivity contribution in [2.75, 3.05) is 13.7 Å². The molecule has 8 heteroatoms. The van der Waals surface area contributed by atoms with Crippen molar-refractivity contribution in [1.82, 2.24) is 9.47 Å². The van der Waals surface area contributed by atoms with Crippen LogP contribution < -0.4 is 0 Å². The van der Waals surface area contributed by atoms with Crippen molar-refractivity contribution < 1.29 is 18.7 Å². The van der Waals surface area contributed by atoms with Crippen molar-refractivity contribution in [2.24, 2.45) is 4.99 Å². The number of halogens is 1. The van der Waals surface area contributed by atoms with E-state index in [1.165, 1.54) is 28.8 Å². The molecule has 4 rings (SSSR count). The number of likely N-dealkylation sites (N-methyl/N-ethyl adjacent to an activating group) is 1. The predicted molar refractivity (Wildman–Crippen MR) is 133 cm³/mol. The molecule has 34 heavy (non-hydrogen) atoms. The lowest BCUT2D eigenvalue weighted by atomic mass is 10.2. The lowest BCUT2D eigenvalue weighted by Gasteiger charge is -2.09. The van der Waals surface area contributed by atoms with Gasteiger partial charge in [-0.2, -0.15) is 0 Å². The first-order chi connectivity index (χ1) is 16.3. The average molecular weight is 478 g/mol. The minimum atomic E-state index is -0.382. The highest BCUT2D eigenvalue weighted by atomic mass is 32.2. The molecule has 1 aliphatic heterocycles. The summed E-state index contributed by atoms with van der Waals surface area (Å²) in [6.45, 7) is 6.01. The van der Waals surface area contributed by atoms with Gasteiger partial charge in [-0.05, 0) is 98.8 Å². The van der Waals surface area contributed by atoms with Crippen molar-refractivity contribution in [3.63, 3.8) is 0 Å². The molecule has 0 N–H and O–H groups in total. The summed E-state index contributed by atoms with van der Waals surface area (Å²) >= 11 is 1.29. The van der Waals surface area contributed by atoms with Gasteiger partial charge in [0.25, 0.3) is 5.91 Å². The third kappa shape index (κ3) is 4.68. The standard InChI is InChI=1S/C26H24FN3O3S/c1-5-33-25(32)18-6-10-21(11-7-18)28-26-29(4)24(31)23(34-26)15-19-14-16(2)30(17(19)3)22-12-8-20(27)9-13-22/h6-15H,5H2,1-4H3/b23-15+,28-26?. The quantitative estimate of drug-likeness (QED) is 0.352. The van der Waals surface area contributed by atoms with Crippen LogP contribution in [-0.4, -0.2) is 40.2 Å². The van der Waals surface area contributed by atoms with Gasteiger partial charge in [0.1, 0.15) is 5.82 Å². The summed E-state index contributed by atoms with van der Waals surface area (Å²) in [7, 11) is 1.68. The van der Waals surface area contributed by atoms with Crippen LogP contribution in [0.1, 0.15) is 34.2 Å². The Morgan fingerprint density at radius 3 is 2.44 bits per heavy atom. The summed E-state index contributed by atoms with van der Waals surface area (Å²) in [6, 6.07) is 15.1. The summed E-state index contributed by atoms with van der Waals surface area (Å²) in [6.07, 6.45) is 1.86. The van der Waals surface area contributed by atoms with E-state index < -0.39 is 0 Å². The van der Waals surface area contributed by atoms with Crippen molar-refractivity contribution in [2.45, 2.75) is 20.8 Å². The Morgan fingerprint density at radius 2 is 1.79 bits per heavy atom. The van der Waals surface area contributed by atoms with Crippen LogP contribution in [0.5, 0.6) is 0 Å². The topological polar surface area (TPSA) is 63.9 Å². The van der Waals surface area contributed by atoms with Crippen LogP contribution >= 0.6 is 11.8 Å². The molecular weight excluding hydrogens is 453 g/mol. The number of amidine groups is 1. The van der Waals surface area contributed by atoms with E-state index in [4.69, 9.17) is 4.74 Å². The van der Waals surface area contributed by atoms with E-state index in [1.807, 2.05) is 30.6 Å². The minimum Gasteiger partial charge on any atom is -0.462 e. The fourth-order valence-electron chi connectivity index (χ4n) is 3.71. The van der Waals surface area contributed by atoms with Crippen LogP contribution in [0, 0.1) is 19.7 Å². The zero-order valence-corrected chi connectivity index (χ0v) is 20.1. The van der Waals surface area contributed by atoms with Crippen molar-refractivity contribution in [1.29, 1.82) is 0 Å². The van der Waals surface area contributed by atoms with Gasteiger partial charge >= 0.3 is 5.97 Å². The van der Waals surface area contributed by atoms with Gasteiger partial charge in [-0.3, -0.25) is 9.69 Å². The molecule has 174 valence electrons. The van der Waals surface area contributed by atoms with Gasteiger partial charge in [-0.15, -0.1) is 0 Å². The van der Waals surface area contributed by atoms with Crippen molar-refractivity contribution in [3.8, 4) is 5.69 Å². The largest absolute Gasteiger partial charge is 0.462 e. The third-order valence-corrected chi connectivity index (χ3v) is 6.51. The molecule has 0 saturated carbocycles. The van der Waals surface area contributed by atoms with Gasteiger partial charge in [-0.1, -0.05) is 0 Å². The summed E-state index contributed by atoms with van der Waals surface area (Å²) in [5, 5.41) is 0.549. The molecule has 0 bridgehead atoms. The number of nitrogens with zero attached hydrogens (tertiary/aromatic N) is 3. The van der Waals surface area contributed by atoms with E-state index in [2.05, 4.69) is 4.99 Å². The lowest BCUT2D eigenvalue weighted by molar-refractivity contribution is -0.121. The fraction of sp³-hybridized carbons (Fsp3) is 0.192. The second kappa shape index (κ2) is 9.69. The van der Waals surface area contributed by atoms with E-state index in [1.54, 1.807) is 50.4 Å². The lowest BCUT2D eigenvalue weighted by Crippen LogP contribution is -2.23. The van der Waals surface area contributed by atoms with Crippen LogP contribution in [0.15, 0.2) is 64.5 Å². The van der Waals surface area contributed by atoms with E-state index >= 15 is 0 Å². The van der Waals surface area contributed by atoms with Gasteiger partial charge in [0.05, 0.1) is 22.8 Å². The molecular formula is C26H24FN3O3S. The molecule has 0 spiro atoms. The molecule has 0 radical (unpaired) electrons. The maximum Gasteiger partial charge on any atom is 0.338 e. The van der Waals surface area contributed by atoms with Gasteiger partial charge < -0.3 is 9.30 Å². The van der Waals surface area contributed by atoms with E-state index in [0.29, 0.717) is 27.9 Å². The Morgan fingerprint density at radius 1 is 1.12 bits per heavy atom. The molecule has 0 aliphatic carbocycles. The maximum absolute atomic E-state index is 13.3. The molecule has 2 aromatic carbocycles. The van der Waals surface area contributed by atoms with Crippen LogP contribution in [0.4, 0.5) is 10.1 Å². The Labute approximate surface area is 201 Å². The second-order valence-electron chi connectivity index (χ2n) is 7.77. The van der Waals surface area contributed by atoms with Crippen LogP contribution in [0.3, 0.4) is 0 Å². The Hall–Kier alpha value is -3.65.